The van der Waals surface area contributed by atoms with Crippen LogP contribution in [0.3, 0.4) is 0 Å². The average molecular weight is 426 g/mol. The number of ether oxygens (including phenoxy) is 4. The molecule has 0 aliphatic rings. The smallest absolute Gasteiger partial charge is 0.341 e. The van der Waals surface area contributed by atoms with E-state index < -0.39 is 5.97 Å². The first-order valence-electron chi connectivity index (χ1n) is 9.70. The van der Waals surface area contributed by atoms with E-state index in [2.05, 4.69) is 23.7 Å². The van der Waals surface area contributed by atoms with Crippen LogP contribution in [-0.4, -0.2) is 34.4 Å². The fourth-order valence-electron chi connectivity index (χ4n) is 2.85. The average Bonchev–Trinajstić information content (AvgIpc) is 2.85. The van der Waals surface area contributed by atoms with E-state index in [1.165, 1.54) is 14.2 Å². The Morgan fingerprint density at radius 1 is 0.594 bits per heavy atom. The minimum absolute atomic E-state index is 0.358. The molecule has 5 heteroatoms. The van der Waals surface area contributed by atoms with Crippen molar-refractivity contribution >= 4 is 5.97 Å². The van der Waals surface area contributed by atoms with Crippen molar-refractivity contribution in [3.63, 3.8) is 0 Å². The summed E-state index contributed by atoms with van der Waals surface area (Å²) in [4.78, 5) is 11.8. The Morgan fingerprint density at radius 2 is 1.09 bits per heavy atom. The van der Waals surface area contributed by atoms with Crippen LogP contribution in [0.25, 0.3) is 0 Å². The van der Waals surface area contributed by atoms with Crippen molar-refractivity contribution in [2.45, 2.75) is 0 Å². The van der Waals surface area contributed by atoms with Gasteiger partial charge in [-0.25, -0.2) is 4.79 Å². The van der Waals surface area contributed by atoms with E-state index in [9.17, 15) is 4.79 Å². The molecular formula is C27H22O5. The van der Waals surface area contributed by atoms with Crippen LogP contribution in [0.4, 0.5) is 0 Å². The number of carbonyl (C=O) groups is 1. The van der Waals surface area contributed by atoms with E-state index in [4.69, 9.17) is 18.9 Å². The molecule has 32 heavy (non-hydrogen) atoms. The molecule has 0 aliphatic carbocycles. The summed E-state index contributed by atoms with van der Waals surface area (Å²) < 4.78 is 20.6. The van der Waals surface area contributed by atoms with Gasteiger partial charge in [0.25, 0.3) is 0 Å². The fourth-order valence-corrected chi connectivity index (χ4v) is 2.85. The van der Waals surface area contributed by atoms with Crippen molar-refractivity contribution in [3.8, 4) is 40.9 Å². The van der Waals surface area contributed by atoms with Gasteiger partial charge in [-0.15, -0.1) is 0 Å². The zero-order chi connectivity index (χ0) is 22.9. The first-order valence-corrected chi connectivity index (χ1v) is 9.70. The summed E-state index contributed by atoms with van der Waals surface area (Å²) in [7, 11) is 6.04. The SMILES string of the molecule is COC(=O)c1ccc(C#Cc2ccc(C#Cc3cc(OC)cc(OC)c3)cc2)cc1OC. The molecular weight excluding hydrogens is 404 g/mol. The minimum Gasteiger partial charge on any atom is -0.497 e. The number of methoxy groups -OCH3 is 4. The van der Waals surface area contributed by atoms with E-state index >= 15 is 0 Å². The van der Waals surface area contributed by atoms with E-state index in [0.717, 1.165) is 22.3 Å². The highest BCUT2D eigenvalue weighted by Crippen LogP contribution is 2.22. The van der Waals surface area contributed by atoms with E-state index in [1.807, 2.05) is 36.4 Å². The van der Waals surface area contributed by atoms with Crippen molar-refractivity contribution in [3.05, 3.63) is 88.5 Å². The second-order valence-electron chi connectivity index (χ2n) is 6.59. The third-order valence-electron chi connectivity index (χ3n) is 4.55. The Hall–Kier alpha value is -4.35. The minimum atomic E-state index is -0.453. The number of carbonyl (C=O) groups excluding carboxylic acids is 1. The van der Waals surface area contributed by atoms with Gasteiger partial charge < -0.3 is 18.9 Å². The monoisotopic (exact) mass is 426 g/mol. The van der Waals surface area contributed by atoms with E-state index in [-0.39, 0.29) is 0 Å². The molecule has 0 saturated heterocycles. The van der Waals surface area contributed by atoms with E-state index in [0.29, 0.717) is 22.8 Å². The maximum absolute atomic E-state index is 11.8. The van der Waals surface area contributed by atoms with Gasteiger partial charge in [0.2, 0.25) is 0 Å². The summed E-state index contributed by atoms with van der Waals surface area (Å²) in [6.45, 7) is 0. The maximum atomic E-state index is 11.8. The molecule has 0 aliphatic heterocycles. The Kier molecular flexibility index (Phi) is 7.41. The molecule has 0 heterocycles. The molecule has 0 N–H and O–H groups in total. The number of hydrogen-bond donors (Lipinski definition) is 0. The predicted molar refractivity (Wildman–Crippen MR) is 122 cm³/mol. The highest BCUT2D eigenvalue weighted by atomic mass is 16.5. The van der Waals surface area contributed by atoms with Crippen molar-refractivity contribution in [2.75, 3.05) is 28.4 Å². The van der Waals surface area contributed by atoms with Crippen molar-refractivity contribution < 1.29 is 23.7 Å². The lowest BCUT2D eigenvalue weighted by Crippen LogP contribution is -2.04. The lowest BCUT2D eigenvalue weighted by Gasteiger charge is -2.06. The molecule has 0 unspecified atom stereocenters. The van der Waals surface area contributed by atoms with Crippen LogP contribution in [0.1, 0.15) is 32.6 Å². The predicted octanol–water partition coefficient (Wildman–Crippen LogP) is 4.30. The molecule has 0 saturated carbocycles. The molecule has 5 nitrogen and oxygen atoms in total. The third kappa shape index (κ3) is 5.62. The van der Waals surface area contributed by atoms with Gasteiger partial charge in [-0.1, -0.05) is 23.7 Å². The van der Waals surface area contributed by atoms with Crippen LogP contribution in [0.15, 0.2) is 60.7 Å². The zero-order valence-electron chi connectivity index (χ0n) is 18.3. The van der Waals surface area contributed by atoms with Gasteiger partial charge in [0.1, 0.15) is 22.8 Å². The molecule has 3 rings (SSSR count). The van der Waals surface area contributed by atoms with Crippen LogP contribution in [0.2, 0.25) is 0 Å². The number of rotatable bonds is 4. The van der Waals surface area contributed by atoms with Crippen molar-refractivity contribution in [1.82, 2.24) is 0 Å². The normalized spacial score (nSPS) is 9.50. The molecule has 0 radical (unpaired) electrons. The molecule has 0 aromatic heterocycles. The summed E-state index contributed by atoms with van der Waals surface area (Å²) in [5.74, 6) is 13.8. The molecule has 0 amide bonds. The van der Waals surface area contributed by atoms with Crippen LogP contribution in [0.5, 0.6) is 17.2 Å². The second-order valence-corrected chi connectivity index (χ2v) is 6.59. The quantitative estimate of drug-likeness (QED) is 0.460. The topological polar surface area (TPSA) is 54.0 Å². The Balaban J connectivity index is 1.77. The number of esters is 1. The Bertz CT molecular complexity index is 1210. The molecule has 160 valence electrons. The first-order chi connectivity index (χ1) is 15.6. The Labute approximate surface area is 187 Å². The largest absolute Gasteiger partial charge is 0.497 e. The summed E-state index contributed by atoms with van der Waals surface area (Å²) in [6.07, 6.45) is 0. The molecule has 0 spiro atoms. The summed E-state index contributed by atoms with van der Waals surface area (Å²) in [5.41, 5.74) is 3.59. The highest BCUT2D eigenvalue weighted by molar-refractivity contribution is 5.92. The molecule has 0 bridgehead atoms. The van der Waals surface area contributed by atoms with Gasteiger partial charge in [0.05, 0.1) is 28.4 Å². The Morgan fingerprint density at radius 3 is 1.59 bits per heavy atom. The summed E-state index contributed by atoms with van der Waals surface area (Å²) in [6, 6.07) is 18.3. The van der Waals surface area contributed by atoms with Gasteiger partial charge in [-0.3, -0.25) is 0 Å². The van der Waals surface area contributed by atoms with Crippen molar-refractivity contribution in [1.29, 1.82) is 0 Å². The van der Waals surface area contributed by atoms with Gasteiger partial charge in [0.15, 0.2) is 0 Å². The first kappa shape index (κ1) is 22.3. The van der Waals surface area contributed by atoms with Gasteiger partial charge in [-0.05, 0) is 54.6 Å². The molecule has 0 atom stereocenters. The number of benzene rings is 3. The standard InChI is InChI=1S/C27H22O5/c1-29-23-15-22(16-24(18-23)30-2)12-10-20-7-5-19(6-8-20)9-11-21-13-14-25(27(28)32-4)26(17-21)31-3/h5-8,13-18H,1-4H3. The molecule has 3 aromatic rings. The van der Waals surface area contributed by atoms with Crippen LogP contribution >= 0.6 is 0 Å². The lowest BCUT2D eigenvalue weighted by molar-refractivity contribution is 0.0597. The van der Waals surface area contributed by atoms with Gasteiger partial charge >= 0.3 is 5.97 Å². The zero-order valence-corrected chi connectivity index (χ0v) is 18.3. The molecule has 0 fully saturated rings. The second kappa shape index (κ2) is 10.6. The molecule has 3 aromatic carbocycles. The summed E-state index contributed by atoms with van der Waals surface area (Å²) >= 11 is 0. The fraction of sp³-hybridized carbons (Fsp3) is 0.148. The van der Waals surface area contributed by atoms with Crippen molar-refractivity contribution in [2.24, 2.45) is 0 Å². The third-order valence-corrected chi connectivity index (χ3v) is 4.55. The van der Waals surface area contributed by atoms with Crippen LogP contribution < -0.4 is 14.2 Å². The van der Waals surface area contributed by atoms with E-state index in [1.54, 1.807) is 38.5 Å². The van der Waals surface area contributed by atoms with Crippen LogP contribution in [0, 0.1) is 23.7 Å². The highest BCUT2D eigenvalue weighted by Gasteiger charge is 2.12. The van der Waals surface area contributed by atoms with Crippen LogP contribution in [-0.2, 0) is 4.74 Å². The van der Waals surface area contributed by atoms with Gasteiger partial charge in [0, 0.05) is 28.3 Å². The number of hydrogen-bond acceptors (Lipinski definition) is 5. The van der Waals surface area contributed by atoms with Gasteiger partial charge in [-0.2, -0.15) is 0 Å². The maximum Gasteiger partial charge on any atom is 0.341 e. The lowest BCUT2D eigenvalue weighted by atomic mass is 10.1. The summed E-state index contributed by atoms with van der Waals surface area (Å²) in [5, 5.41) is 0.